The van der Waals surface area contributed by atoms with Crippen LogP contribution < -0.4 is 0 Å². The average Bonchev–Trinajstić information content (AvgIpc) is 3.18. The molecule has 0 spiro atoms. The van der Waals surface area contributed by atoms with Crippen LogP contribution in [0.25, 0.3) is 27.7 Å². The van der Waals surface area contributed by atoms with E-state index >= 15 is 0 Å². The lowest BCUT2D eigenvalue weighted by molar-refractivity contribution is 0.0522. The molecule has 3 aromatic heterocycles. The van der Waals surface area contributed by atoms with E-state index in [0.29, 0.717) is 10.1 Å². The Hall–Kier alpha value is -2.74. The molecule has 28 heavy (non-hydrogen) atoms. The van der Waals surface area contributed by atoms with Gasteiger partial charge in [0.25, 0.3) is 0 Å². The van der Waals surface area contributed by atoms with Crippen molar-refractivity contribution >= 4 is 38.6 Å². The lowest BCUT2D eigenvalue weighted by Gasteiger charge is -2.19. The van der Waals surface area contributed by atoms with Crippen molar-refractivity contribution in [2.75, 3.05) is 0 Å². The largest absolute Gasteiger partial charge is 0.442 e. The zero-order valence-electron chi connectivity index (χ0n) is 16.3. The second-order valence-corrected chi connectivity index (χ2v) is 8.56. The Kier molecular flexibility index (Phi) is 4.26. The highest BCUT2D eigenvalue weighted by Gasteiger charge is 2.22. The number of pyridine rings is 1. The molecule has 0 amide bonds. The van der Waals surface area contributed by atoms with Crippen LogP contribution in [0.15, 0.2) is 35.3 Å². The van der Waals surface area contributed by atoms with Crippen molar-refractivity contribution in [1.29, 1.82) is 0 Å². The standard InChI is InChI=1S/C20H20BrN5O2/c1-11-7-15-16(26(24-17(15)21)19(27)28-20(3,4)5)8-14(11)13-6-12(2)18-22-10-23-25(18)9-13/h6-10H,1-5H3. The summed E-state index contributed by atoms with van der Waals surface area (Å²) in [6.07, 6.45) is 2.96. The number of hydrogen-bond donors (Lipinski definition) is 0. The minimum Gasteiger partial charge on any atom is -0.442 e. The molecule has 4 rings (SSSR count). The van der Waals surface area contributed by atoms with Crippen LogP contribution in [0.5, 0.6) is 0 Å². The number of aromatic nitrogens is 5. The fourth-order valence-corrected chi connectivity index (χ4v) is 3.71. The van der Waals surface area contributed by atoms with Crippen molar-refractivity contribution in [3.8, 4) is 11.1 Å². The molecule has 0 atom stereocenters. The van der Waals surface area contributed by atoms with Crippen LogP contribution in [0.2, 0.25) is 0 Å². The summed E-state index contributed by atoms with van der Waals surface area (Å²) >= 11 is 3.46. The van der Waals surface area contributed by atoms with E-state index in [1.54, 1.807) is 4.52 Å². The molecule has 0 unspecified atom stereocenters. The minimum atomic E-state index is -0.607. The molecular formula is C20H20BrN5O2. The number of carbonyl (C=O) groups is 1. The average molecular weight is 442 g/mol. The highest BCUT2D eigenvalue weighted by atomic mass is 79.9. The zero-order chi connectivity index (χ0) is 20.2. The van der Waals surface area contributed by atoms with Crippen LogP contribution in [0.1, 0.15) is 31.9 Å². The number of aryl methyl sites for hydroxylation is 2. The normalized spacial score (nSPS) is 12.1. The summed E-state index contributed by atoms with van der Waals surface area (Å²) in [7, 11) is 0. The third-order valence-electron chi connectivity index (χ3n) is 4.42. The van der Waals surface area contributed by atoms with Gasteiger partial charge in [0, 0.05) is 17.1 Å². The molecule has 0 aliphatic rings. The maximum atomic E-state index is 12.6. The molecule has 0 bridgehead atoms. The van der Waals surface area contributed by atoms with Crippen LogP contribution in [-0.4, -0.2) is 36.1 Å². The van der Waals surface area contributed by atoms with E-state index in [1.165, 1.54) is 11.0 Å². The number of ether oxygens (including phenoxy) is 1. The van der Waals surface area contributed by atoms with E-state index in [0.717, 1.165) is 33.3 Å². The van der Waals surface area contributed by atoms with Gasteiger partial charge in [0.05, 0.1) is 5.52 Å². The van der Waals surface area contributed by atoms with Gasteiger partial charge >= 0.3 is 6.09 Å². The highest BCUT2D eigenvalue weighted by molar-refractivity contribution is 9.10. The number of nitrogens with zero attached hydrogens (tertiary/aromatic N) is 5. The highest BCUT2D eigenvalue weighted by Crippen LogP contribution is 2.33. The van der Waals surface area contributed by atoms with Crippen LogP contribution >= 0.6 is 15.9 Å². The molecule has 144 valence electrons. The third kappa shape index (κ3) is 3.17. The predicted molar refractivity (Wildman–Crippen MR) is 111 cm³/mol. The van der Waals surface area contributed by atoms with Crippen LogP contribution in [0, 0.1) is 13.8 Å². The van der Waals surface area contributed by atoms with E-state index in [2.05, 4.69) is 37.2 Å². The first-order valence-electron chi connectivity index (χ1n) is 8.86. The molecule has 8 heteroatoms. The van der Waals surface area contributed by atoms with Crippen molar-refractivity contribution in [3.63, 3.8) is 0 Å². The lowest BCUT2D eigenvalue weighted by Crippen LogP contribution is -2.27. The number of rotatable bonds is 1. The molecule has 1 aromatic carbocycles. The van der Waals surface area contributed by atoms with Gasteiger partial charge in [-0.3, -0.25) is 0 Å². The van der Waals surface area contributed by atoms with Crippen LogP contribution in [0.4, 0.5) is 4.79 Å². The van der Waals surface area contributed by atoms with Gasteiger partial charge in [0.2, 0.25) is 0 Å². The molecule has 0 N–H and O–H groups in total. The number of halogens is 1. The van der Waals surface area contributed by atoms with E-state index in [4.69, 9.17) is 4.74 Å². The Bertz CT molecular complexity index is 1230. The molecule has 0 radical (unpaired) electrons. The van der Waals surface area contributed by atoms with Crippen molar-refractivity contribution in [2.24, 2.45) is 0 Å². The van der Waals surface area contributed by atoms with Crippen molar-refractivity contribution in [2.45, 2.75) is 40.2 Å². The smallest absolute Gasteiger partial charge is 0.435 e. The lowest BCUT2D eigenvalue weighted by atomic mass is 9.99. The quantitative estimate of drug-likeness (QED) is 0.419. The van der Waals surface area contributed by atoms with E-state index < -0.39 is 11.7 Å². The van der Waals surface area contributed by atoms with E-state index in [9.17, 15) is 4.79 Å². The summed E-state index contributed by atoms with van der Waals surface area (Å²) in [4.78, 5) is 16.9. The van der Waals surface area contributed by atoms with E-state index in [1.807, 2.05) is 52.9 Å². The van der Waals surface area contributed by atoms with E-state index in [-0.39, 0.29) is 0 Å². The van der Waals surface area contributed by atoms with Crippen molar-refractivity contribution in [3.05, 3.63) is 46.5 Å². The first-order valence-corrected chi connectivity index (χ1v) is 9.66. The maximum absolute atomic E-state index is 12.6. The number of benzene rings is 1. The number of hydrogen-bond acceptors (Lipinski definition) is 5. The van der Waals surface area contributed by atoms with Gasteiger partial charge in [-0.25, -0.2) is 14.3 Å². The van der Waals surface area contributed by atoms with Crippen molar-refractivity contribution in [1.82, 2.24) is 24.4 Å². The summed E-state index contributed by atoms with van der Waals surface area (Å²) in [5.41, 5.74) is 4.97. The third-order valence-corrected chi connectivity index (χ3v) is 5.00. The van der Waals surface area contributed by atoms with Gasteiger partial charge < -0.3 is 4.74 Å². The summed E-state index contributed by atoms with van der Waals surface area (Å²) in [5.74, 6) is 0. The summed E-state index contributed by atoms with van der Waals surface area (Å²) in [5, 5.41) is 9.45. The fourth-order valence-electron chi connectivity index (χ4n) is 3.23. The SMILES string of the molecule is Cc1cc2c(Br)nn(C(=O)OC(C)(C)C)c2cc1-c1cc(C)c2ncnn2c1. The Balaban J connectivity index is 1.91. The first-order chi connectivity index (χ1) is 13.1. The molecule has 7 nitrogen and oxygen atoms in total. The summed E-state index contributed by atoms with van der Waals surface area (Å²) < 4.78 is 9.17. The minimum absolute atomic E-state index is 0.513. The fraction of sp³-hybridized carbons (Fsp3) is 0.300. The van der Waals surface area contributed by atoms with Gasteiger partial charge in [-0.1, -0.05) is 0 Å². The van der Waals surface area contributed by atoms with Gasteiger partial charge in [0.1, 0.15) is 16.5 Å². The van der Waals surface area contributed by atoms with Crippen LogP contribution in [0.3, 0.4) is 0 Å². The van der Waals surface area contributed by atoms with Gasteiger partial charge in [0.15, 0.2) is 5.65 Å². The van der Waals surface area contributed by atoms with Gasteiger partial charge in [-0.05, 0) is 85.4 Å². The predicted octanol–water partition coefficient (Wildman–Crippen LogP) is 4.91. The maximum Gasteiger partial charge on any atom is 0.435 e. The molecular weight excluding hydrogens is 422 g/mol. The second-order valence-electron chi connectivity index (χ2n) is 7.81. The second kappa shape index (κ2) is 6.41. The number of carbonyl (C=O) groups excluding carboxylic acids is 1. The van der Waals surface area contributed by atoms with Gasteiger partial charge in [-0.2, -0.15) is 14.9 Å². The Morgan fingerprint density at radius 1 is 1.14 bits per heavy atom. The first kappa shape index (κ1) is 18.6. The summed E-state index contributed by atoms with van der Waals surface area (Å²) in [6.45, 7) is 9.53. The Morgan fingerprint density at radius 3 is 2.61 bits per heavy atom. The molecule has 0 aliphatic carbocycles. The molecule has 4 aromatic rings. The molecule has 0 fully saturated rings. The number of fused-ring (bicyclic) bond motifs is 2. The Labute approximate surface area is 170 Å². The Morgan fingerprint density at radius 2 is 1.89 bits per heavy atom. The topological polar surface area (TPSA) is 74.3 Å². The van der Waals surface area contributed by atoms with Gasteiger partial charge in [-0.15, -0.1) is 0 Å². The monoisotopic (exact) mass is 441 g/mol. The molecule has 3 heterocycles. The zero-order valence-corrected chi connectivity index (χ0v) is 17.9. The van der Waals surface area contributed by atoms with Crippen molar-refractivity contribution < 1.29 is 9.53 Å². The molecule has 0 saturated carbocycles. The molecule has 0 saturated heterocycles. The molecule has 0 aliphatic heterocycles. The summed E-state index contributed by atoms with van der Waals surface area (Å²) in [6, 6.07) is 6.05. The van der Waals surface area contributed by atoms with Crippen LogP contribution in [-0.2, 0) is 4.74 Å².